The molecule has 124 valence electrons. The van der Waals surface area contributed by atoms with Gasteiger partial charge in [0.1, 0.15) is 6.04 Å². The maximum Gasteiger partial charge on any atom is 0.321 e. The van der Waals surface area contributed by atoms with Crippen LogP contribution in [0.3, 0.4) is 0 Å². The number of rotatable bonds is 3. The van der Waals surface area contributed by atoms with Crippen molar-refractivity contribution in [2.24, 2.45) is 0 Å². The van der Waals surface area contributed by atoms with Gasteiger partial charge in [0.2, 0.25) is 5.91 Å². The predicted molar refractivity (Wildman–Crippen MR) is 92.3 cm³/mol. The monoisotopic (exact) mass is 323 g/mol. The van der Waals surface area contributed by atoms with Gasteiger partial charge in [-0.05, 0) is 23.1 Å². The van der Waals surface area contributed by atoms with Gasteiger partial charge in [-0.1, -0.05) is 54.6 Å². The number of nitrogens with zero attached hydrogens (tertiary/aromatic N) is 1. The van der Waals surface area contributed by atoms with Gasteiger partial charge in [0.05, 0.1) is 0 Å². The molecule has 1 unspecified atom stereocenters. The summed E-state index contributed by atoms with van der Waals surface area (Å²) in [7, 11) is 1.50. The number of imide groups is 1. The highest BCUT2D eigenvalue weighted by molar-refractivity contribution is 5.97. The van der Waals surface area contributed by atoms with Crippen molar-refractivity contribution in [3.63, 3.8) is 0 Å². The van der Waals surface area contributed by atoms with Crippen LogP contribution in [-0.4, -0.2) is 30.4 Å². The Balaban J connectivity index is 1.88. The van der Waals surface area contributed by atoms with Crippen LogP contribution >= 0.6 is 0 Å². The first-order valence-electron chi connectivity index (χ1n) is 8.07. The zero-order valence-electron chi connectivity index (χ0n) is 13.7. The Hall–Kier alpha value is -2.66. The Morgan fingerprint density at radius 2 is 1.67 bits per heavy atom. The van der Waals surface area contributed by atoms with Crippen LogP contribution in [0.2, 0.25) is 0 Å². The van der Waals surface area contributed by atoms with Gasteiger partial charge in [-0.25, -0.2) is 4.79 Å². The molecule has 5 heteroatoms. The second-order valence-corrected chi connectivity index (χ2v) is 5.87. The van der Waals surface area contributed by atoms with Crippen molar-refractivity contribution in [2.45, 2.75) is 19.0 Å². The molecule has 1 aliphatic heterocycles. The normalized spacial score (nSPS) is 15.2. The molecular formula is C19H21N3O2. The van der Waals surface area contributed by atoms with Crippen molar-refractivity contribution in [1.82, 2.24) is 15.5 Å². The highest BCUT2D eigenvalue weighted by Gasteiger charge is 2.30. The third kappa shape index (κ3) is 3.46. The molecule has 3 amide bonds. The smallest absolute Gasteiger partial charge is 0.321 e. The molecule has 24 heavy (non-hydrogen) atoms. The number of urea groups is 1. The van der Waals surface area contributed by atoms with Crippen molar-refractivity contribution in [3.8, 4) is 0 Å². The zero-order valence-corrected chi connectivity index (χ0v) is 13.7. The van der Waals surface area contributed by atoms with Crippen LogP contribution in [0.5, 0.6) is 0 Å². The van der Waals surface area contributed by atoms with Gasteiger partial charge in [-0.2, -0.15) is 0 Å². The molecule has 0 saturated heterocycles. The van der Waals surface area contributed by atoms with E-state index in [1.165, 1.54) is 18.2 Å². The number of carbonyl (C=O) groups excluding carboxylic acids is 2. The third-order valence-corrected chi connectivity index (χ3v) is 4.35. The van der Waals surface area contributed by atoms with Gasteiger partial charge in [0.15, 0.2) is 0 Å². The number of benzene rings is 2. The van der Waals surface area contributed by atoms with Crippen molar-refractivity contribution in [2.75, 3.05) is 13.6 Å². The van der Waals surface area contributed by atoms with E-state index in [-0.39, 0.29) is 5.91 Å². The number of hydrogen-bond acceptors (Lipinski definition) is 3. The molecule has 3 rings (SSSR count). The van der Waals surface area contributed by atoms with E-state index in [2.05, 4.69) is 27.7 Å². The fourth-order valence-electron chi connectivity index (χ4n) is 3.14. The van der Waals surface area contributed by atoms with Gasteiger partial charge in [0.25, 0.3) is 0 Å². The Bertz CT molecular complexity index is 730. The van der Waals surface area contributed by atoms with E-state index in [1.807, 2.05) is 42.5 Å². The predicted octanol–water partition coefficient (Wildman–Crippen LogP) is 2.24. The lowest BCUT2D eigenvalue weighted by Crippen LogP contribution is -2.46. The summed E-state index contributed by atoms with van der Waals surface area (Å²) in [5.41, 5.74) is 3.45. The molecule has 2 aromatic rings. The molecule has 1 heterocycles. The van der Waals surface area contributed by atoms with Gasteiger partial charge in [-0.3, -0.25) is 15.0 Å². The number of hydrogen-bond donors (Lipinski definition) is 2. The SMILES string of the molecule is CNC(=O)NC(=O)C(c1ccccc1)N1CCc2ccccc2C1. The summed E-state index contributed by atoms with van der Waals surface area (Å²) in [6.07, 6.45) is 0.896. The number of fused-ring (bicyclic) bond motifs is 1. The molecule has 0 spiro atoms. The Morgan fingerprint density at radius 3 is 2.38 bits per heavy atom. The van der Waals surface area contributed by atoms with Gasteiger partial charge in [-0.15, -0.1) is 0 Å². The highest BCUT2D eigenvalue weighted by Crippen LogP contribution is 2.28. The zero-order chi connectivity index (χ0) is 16.9. The number of amides is 3. The lowest BCUT2D eigenvalue weighted by molar-refractivity contribution is -0.126. The summed E-state index contributed by atoms with van der Waals surface area (Å²) >= 11 is 0. The first-order chi connectivity index (χ1) is 11.7. The fraction of sp³-hybridized carbons (Fsp3) is 0.263. The topological polar surface area (TPSA) is 61.4 Å². The van der Waals surface area contributed by atoms with Crippen molar-refractivity contribution in [3.05, 3.63) is 71.3 Å². The first kappa shape index (κ1) is 16.2. The van der Waals surface area contributed by atoms with E-state index in [9.17, 15) is 9.59 Å². The summed E-state index contributed by atoms with van der Waals surface area (Å²) < 4.78 is 0. The second-order valence-electron chi connectivity index (χ2n) is 5.87. The molecule has 1 atom stereocenters. The average Bonchev–Trinajstić information content (AvgIpc) is 2.62. The molecule has 0 radical (unpaired) electrons. The van der Waals surface area contributed by atoms with Crippen molar-refractivity contribution >= 4 is 11.9 Å². The number of nitrogens with one attached hydrogen (secondary N) is 2. The van der Waals surface area contributed by atoms with E-state index in [1.54, 1.807) is 0 Å². The molecule has 0 saturated carbocycles. The van der Waals surface area contributed by atoms with E-state index in [0.29, 0.717) is 6.54 Å². The number of carbonyl (C=O) groups is 2. The van der Waals surface area contributed by atoms with Crippen LogP contribution in [0, 0.1) is 0 Å². The standard InChI is InChI=1S/C19H21N3O2/c1-20-19(24)21-18(23)17(15-8-3-2-4-9-15)22-12-11-14-7-5-6-10-16(14)13-22/h2-10,17H,11-13H2,1H3,(H2,20,21,23,24). The maximum absolute atomic E-state index is 12.7. The molecule has 0 aromatic heterocycles. The molecule has 0 bridgehead atoms. The Labute approximate surface area is 141 Å². The fourth-order valence-corrected chi connectivity index (χ4v) is 3.14. The summed E-state index contributed by atoms with van der Waals surface area (Å²) in [4.78, 5) is 26.4. The van der Waals surface area contributed by atoms with Crippen LogP contribution < -0.4 is 10.6 Å². The maximum atomic E-state index is 12.7. The van der Waals surface area contributed by atoms with E-state index >= 15 is 0 Å². The van der Waals surface area contributed by atoms with E-state index < -0.39 is 12.1 Å². The van der Waals surface area contributed by atoms with Crippen LogP contribution in [0.1, 0.15) is 22.7 Å². The Kier molecular flexibility index (Phi) is 4.91. The quantitative estimate of drug-likeness (QED) is 0.911. The highest BCUT2D eigenvalue weighted by atomic mass is 16.2. The minimum atomic E-state index is -0.489. The summed E-state index contributed by atoms with van der Waals surface area (Å²) in [5.74, 6) is -0.306. The third-order valence-electron chi connectivity index (χ3n) is 4.35. The van der Waals surface area contributed by atoms with E-state index in [0.717, 1.165) is 18.5 Å². The largest absolute Gasteiger partial charge is 0.341 e. The van der Waals surface area contributed by atoms with Gasteiger partial charge < -0.3 is 5.32 Å². The van der Waals surface area contributed by atoms with Crippen molar-refractivity contribution < 1.29 is 9.59 Å². The summed E-state index contributed by atoms with van der Waals surface area (Å²) in [6.45, 7) is 1.47. The van der Waals surface area contributed by atoms with Crippen LogP contribution in [-0.2, 0) is 17.8 Å². The van der Waals surface area contributed by atoms with Crippen molar-refractivity contribution in [1.29, 1.82) is 0 Å². The van der Waals surface area contributed by atoms with Gasteiger partial charge in [0, 0.05) is 20.1 Å². The van der Waals surface area contributed by atoms with Crippen LogP contribution in [0.4, 0.5) is 4.79 Å². The van der Waals surface area contributed by atoms with E-state index in [4.69, 9.17) is 0 Å². The molecular weight excluding hydrogens is 302 g/mol. The first-order valence-corrected chi connectivity index (χ1v) is 8.07. The molecule has 5 nitrogen and oxygen atoms in total. The lowest BCUT2D eigenvalue weighted by Gasteiger charge is -2.34. The minimum absolute atomic E-state index is 0.306. The Morgan fingerprint density at radius 1 is 1.00 bits per heavy atom. The average molecular weight is 323 g/mol. The lowest BCUT2D eigenvalue weighted by atomic mass is 9.96. The summed E-state index contributed by atoms with van der Waals surface area (Å²) in [5, 5.41) is 4.85. The van der Waals surface area contributed by atoms with Crippen LogP contribution in [0.25, 0.3) is 0 Å². The molecule has 0 fully saturated rings. The molecule has 2 N–H and O–H groups in total. The molecule has 1 aliphatic rings. The van der Waals surface area contributed by atoms with Crippen LogP contribution in [0.15, 0.2) is 54.6 Å². The second kappa shape index (κ2) is 7.27. The molecule has 0 aliphatic carbocycles. The molecule has 2 aromatic carbocycles. The minimum Gasteiger partial charge on any atom is -0.341 e. The summed E-state index contributed by atoms with van der Waals surface area (Å²) in [6, 6.07) is 16.9. The van der Waals surface area contributed by atoms with Gasteiger partial charge >= 0.3 is 6.03 Å².